The molecule has 0 amide bonds. The summed E-state index contributed by atoms with van der Waals surface area (Å²) < 4.78 is 0. The summed E-state index contributed by atoms with van der Waals surface area (Å²) in [5.74, 6) is 0. The third-order valence-corrected chi connectivity index (χ3v) is 0.990. The van der Waals surface area contributed by atoms with Crippen LogP contribution >= 0.6 is 0 Å². The fourth-order valence-corrected chi connectivity index (χ4v) is 0.473. The molecule has 0 spiro atoms. The molecule has 0 rings (SSSR count). The second-order valence-corrected chi connectivity index (χ2v) is 2.30. The van der Waals surface area contributed by atoms with Crippen LogP contribution in [0, 0.1) is 0 Å². The van der Waals surface area contributed by atoms with Gasteiger partial charge in [0.2, 0.25) is 0 Å². The van der Waals surface area contributed by atoms with Crippen LogP contribution in [-0.2, 0) is 0 Å². The van der Waals surface area contributed by atoms with Crippen LogP contribution in [0.15, 0.2) is 17.4 Å². The van der Waals surface area contributed by atoms with Gasteiger partial charge < -0.3 is 5.11 Å². The molecule has 3 heteroatoms. The van der Waals surface area contributed by atoms with Crippen molar-refractivity contribution >= 4 is 5.71 Å². The molecule has 0 aliphatic rings. The van der Waals surface area contributed by atoms with E-state index in [2.05, 4.69) is 11.7 Å². The molecule has 0 aromatic carbocycles. The average molecular weight is 142 g/mol. The Labute approximate surface area is 61.7 Å². The lowest BCUT2D eigenvalue weighted by atomic mass is 10.5. The Kier molecular flexibility index (Phi) is 3.72. The van der Waals surface area contributed by atoms with Crippen molar-refractivity contribution < 1.29 is 5.11 Å². The van der Waals surface area contributed by atoms with Crippen molar-refractivity contribution in [2.24, 2.45) is 5.10 Å². The van der Waals surface area contributed by atoms with Crippen molar-refractivity contribution in [3.63, 3.8) is 0 Å². The lowest BCUT2D eigenvalue weighted by Crippen LogP contribution is -2.13. The molecule has 0 atom stereocenters. The summed E-state index contributed by atoms with van der Waals surface area (Å²) in [5, 5.41) is 14.2. The van der Waals surface area contributed by atoms with E-state index in [1.807, 2.05) is 13.8 Å². The smallest absolute Gasteiger partial charge is 0.0843 e. The van der Waals surface area contributed by atoms with Crippen LogP contribution < -0.4 is 0 Å². The van der Waals surface area contributed by atoms with E-state index in [-0.39, 0.29) is 6.61 Å². The summed E-state index contributed by atoms with van der Waals surface area (Å²) in [4.78, 5) is 0. The van der Waals surface area contributed by atoms with Crippen molar-refractivity contribution in [1.29, 1.82) is 0 Å². The standard InChI is InChI=1S/C7H14N2O/c1-6(2)8-9(4)7(3)5-10/h10H,3,5H2,1-2,4H3. The minimum absolute atomic E-state index is 0.0483. The zero-order valence-electron chi connectivity index (χ0n) is 6.76. The van der Waals surface area contributed by atoms with E-state index in [1.54, 1.807) is 12.1 Å². The fraction of sp³-hybridized carbons (Fsp3) is 0.571. The molecule has 0 aromatic rings. The van der Waals surface area contributed by atoms with Gasteiger partial charge in [0.1, 0.15) is 0 Å². The highest BCUT2D eigenvalue weighted by Gasteiger charge is 1.95. The van der Waals surface area contributed by atoms with Gasteiger partial charge >= 0.3 is 0 Å². The van der Waals surface area contributed by atoms with Gasteiger partial charge in [0.25, 0.3) is 0 Å². The van der Waals surface area contributed by atoms with Gasteiger partial charge in [-0.3, -0.25) is 5.01 Å². The molecule has 0 radical (unpaired) electrons. The van der Waals surface area contributed by atoms with E-state index < -0.39 is 0 Å². The van der Waals surface area contributed by atoms with E-state index in [0.717, 1.165) is 5.71 Å². The first-order chi connectivity index (χ1) is 4.57. The Hall–Kier alpha value is -0.830. The number of aliphatic hydroxyl groups excluding tert-OH is 1. The molecule has 0 unspecified atom stereocenters. The van der Waals surface area contributed by atoms with Crippen LogP contribution in [0.2, 0.25) is 0 Å². The number of aliphatic hydroxyl groups is 1. The Balaban J connectivity index is 3.96. The fourth-order valence-electron chi connectivity index (χ4n) is 0.473. The summed E-state index contributed by atoms with van der Waals surface area (Å²) in [6.07, 6.45) is 0. The highest BCUT2D eigenvalue weighted by molar-refractivity contribution is 5.78. The van der Waals surface area contributed by atoms with Crippen LogP contribution in [0.25, 0.3) is 0 Å². The van der Waals surface area contributed by atoms with Crippen LogP contribution in [0.3, 0.4) is 0 Å². The molecule has 0 saturated heterocycles. The monoisotopic (exact) mass is 142 g/mol. The maximum absolute atomic E-state index is 8.61. The van der Waals surface area contributed by atoms with Gasteiger partial charge in [0, 0.05) is 12.8 Å². The first kappa shape index (κ1) is 9.17. The molecule has 58 valence electrons. The number of rotatable bonds is 3. The number of likely N-dealkylation sites (N-methyl/N-ethyl adjacent to an activating group) is 1. The van der Waals surface area contributed by atoms with Gasteiger partial charge in [-0.1, -0.05) is 6.58 Å². The van der Waals surface area contributed by atoms with Gasteiger partial charge in [-0.15, -0.1) is 0 Å². The topological polar surface area (TPSA) is 35.8 Å². The van der Waals surface area contributed by atoms with Gasteiger partial charge in [0.15, 0.2) is 0 Å². The Morgan fingerprint density at radius 2 is 2.10 bits per heavy atom. The van der Waals surface area contributed by atoms with Crippen LogP contribution in [0.1, 0.15) is 13.8 Å². The first-order valence-corrected chi connectivity index (χ1v) is 3.12. The third kappa shape index (κ3) is 3.25. The normalized spacial score (nSPS) is 8.80. The Morgan fingerprint density at radius 3 is 2.40 bits per heavy atom. The summed E-state index contributed by atoms with van der Waals surface area (Å²) in [5.41, 5.74) is 1.54. The molecule has 0 saturated carbocycles. The maximum Gasteiger partial charge on any atom is 0.0843 e. The average Bonchev–Trinajstić information content (AvgIpc) is 1.85. The lowest BCUT2D eigenvalue weighted by Gasteiger charge is -2.13. The highest BCUT2D eigenvalue weighted by Crippen LogP contribution is 1.96. The van der Waals surface area contributed by atoms with E-state index >= 15 is 0 Å². The van der Waals surface area contributed by atoms with Crippen LogP contribution in [0.4, 0.5) is 0 Å². The Morgan fingerprint density at radius 1 is 1.60 bits per heavy atom. The molecule has 1 N–H and O–H groups in total. The summed E-state index contributed by atoms with van der Waals surface area (Å²) >= 11 is 0. The van der Waals surface area contributed by atoms with Gasteiger partial charge in [0.05, 0.1) is 12.3 Å². The molecule has 10 heavy (non-hydrogen) atoms. The molecule has 0 aliphatic carbocycles. The number of hydrazone groups is 1. The van der Waals surface area contributed by atoms with Gasteiger partial charge in [-0.05, 0) is 13.8 Å². The first-order valence-electron chi connectivity index (χ1n) is 3.12. The van der Waals surface area contributed by atoms with Crippen LogP contribution in [-0.4, -0.2) is 29.5 Å². The third-order valence-electron chi connectivity index (χ3n) is 0.990. The van der Waals surface area contributed by atoms with E-state index in [0.29, 0.717) is 5.70 Å². The Bertz CT molecular complexity index is 148. The zero-order chi connectivity index (χ0) is 8.15. The van der Waals surface area contributed by atoms with Crippen molar-refractivity contribution in [3.05, 3.63) is 12.3 Å². The number of hydrogen-bond acceptors (Lipinski definition) is 3. The summed E-state index contributed by atoms with van der Waals surface area (Å²) in [6.45, 7) is 7.33. The van der Waals surface area contributed by atoms with E-state index in [9.17, 15) is 0 Å². The number of nitrogens with zero attached hydrogens (tertiary/aromatic N) is 2. The zero-order valence-corrected chi connectivity index (χ0v) is 6.76. The SMILES string of the molecule is C=C(CO)N(C)N=C(C)C. The lowest BCUT2D eigenvalue weighted by molar-refractivity contribution is 0.279. The molecule has 3 nitrogen and oxygen atoms in total. The molecular weight excluding hydrogens is 128 g/mol. The van der Waals surface area contributed by atoms with E-state index in [1.165, 1.54) is 0 Å². The molecule has 0 aromatic heterocycles. The predicted molar refractivity (Wildman–Crippen MR) is 42.8 cm³/mol. The maximum atomic E-state index is 8.61. The van der Waals surface area contributed by atoms with E-state index in [4.69, 9.17) is 5.11 Å². The van der Waals surface area contributed by atoms with Crippen LogP contribution in [0.5, 0.6) is 0 Å². The molecular formula is C7H14N2O. The summed E-state index contributed by atoms with van der Waals surface area (Å²) in [6, 6.07) is 0. The number of hydrogen-bond donors (Lipinski definition) is 1. The molecule has 0 heterocycles. The molecule has 0 aliphatic heterocycles. The highest BCUT2D eigenvalue weighted by atomic mass is 16.3. The quantitative estimate of drug-likeness (QED) is 0.468. The largest absolute Gasteiger partial charge is 0.390 e. The second-order valence-electron chi connectivity index (χ2n) is 2.30. The van der Waals surface area contributed by atoms with Gasteiger partial charge in [-0.2, -0.15) is 5.10 Å². The van der Waals surface area contributed by atoms with Crippen molar-refractivity contribution in [2.45, 2.75) is 13.8 Å². The second kappa shape index (κ2) is 4.06. The van der Waals surface area contributed by atoms with Crippen molar-refractivity contribution in [3.8, 4) is 0 Å². The van der Waals surface area contributed by atoms with Gasteiger partial charge in [-0.25, -0.2) is 0 Å². The molecule has 0 fully saturated rings. The minimum atomic E-state index is -0.0483. The molecule has 0 bridgehead atoms. The van der Waals surface area contributed by atoms with Crippen molar-refractivity contribution in [1.82, 2.24) is 5.01 Å². The van der Waals surface area contributed by atoms with Crippen molar-refractivity contribution in [2.75, 3.05) is 13.7 Å². The minimum Gasteiger partial charge on any atom is -0.390 e. The summed E-state index contributed by atoms with van der Waals surface area (Å²) in [7, 11) is 1.76. The predicted octanol–water partition coefficient (Wildman–Crippen LogP) is 0.820.